The molecule has 3 heterocycles. The van der Waals surface area contributed by atoms with E-state index in [4.69, 9.17) is 51.4 Å². The van der Waals surface area contributed by atoms with Crippen LogP contribution in [-0.2, 0) is 55.2 Å². The summed E-state index contributed by atoms with van der Waals surface area (Å²) in [5.41, 5.74) is 0.438. The highest BCUT2D eigenvalue weighted by atomic mass is 31.2. The predicted molar refractivity (Wildman–Crippen MR) is 241 cm³/mol. The maximum Gasteiger partial charge on any atom is 0.474 e. The van der Waals surface area contributed by atoms with E-state index in [0.717, 1.165) is 10.8 Å². The van der Waals surface area contributed by atoms with Gasteiger partial charge >= 0.3 is 21.6 Å². The van der Waals surface area contributed by atoms with Crippen LogP contribution in [0.5, 0.6) is 0 Å². The molecule has 5 rings (SSSR count). The van der Waals surface area contributed by atoms with Gasteiger partial charge < -0.3 is 24.1 Å². The number of rotatable bonds is 22. The SMILES string of the molecule is CC1C(CO)OC(COP(=O)(OCCC#N)OCC2OC(COP(=O)(OCCC#N)OCC3OC(COC(=O)c4ccc5ccccc5c4)C(C)C(C)C3C)C(C)C(C)C2C)C(C)C1C. The van der Waals surface area contributed by atoms with E-state index in [1.54, 1.807) is 12.1 Å². The number of aliphatic hydroxyl groups is 1. The highest BCUT2D eigenvalue weighted by Crippen LogP contribution is 2.53. The molecule has 3 fully saturated rings. The molecule has 3 aliphatic heterocycles. The Labute approximate surface area is 385 Å². The van der Waals surface area contributed by atoms with Gasteiger partial charge in [0.05, 0.1) is 113 Å². The van der Waals surface area contributed by atoms with Gasteiger partial charge in [-0.25, -0.2) is 13.9 Å². The van der Waals surface area contributed by atoms with Gasteiger partial charge in [0.1, 0.15) is 6.61 Å². The Morgan fingerprint density at radius 1 is 0.538 bits per heavy atom. The number of ether oxygens (including phenoxy) is 4. The number of benzene rings is 2. The summed E-state index contributed by atoms with van der Waals surface area (Å²) in [5, 5.41) is 30.2. The molecule has 0 spiro atoms. The lowest BCUT2D eigenvalue weighted by Gasteiger charge is -2.44. The van der Waals surface area contributed by atoms with Crippen molar-refractivity contribution in [3.63, 3.8) is 0 Å². The molecule has 0 amide bonds. The minimum Gasteiger partial charge on any atom is -0.459 e. The number of carbonyl (C=O) groups is 1. The zero-order chi connectivity index (χ0) is 47.5. The molecular formula is C47H70N2O14P2. The molecule has 3 saturated heterocycles. The number of carbonyl (C=O) groups excluding carboxylic acids is 1. The molecule has 17 unspecified atom stereocenters. The van der Waals surface area contributed by atoms with E-state index in [-0.39, 0.29) is 119 Å². The number of nitriles is 2. The Hall–Kier alpha value is -2.79. The highest BCUT2D eigenvalue weighted by Gasteiger charge is 2.45. The first-order valence-electron chi connectivity index (χ1n) is 23.0. The van der Waals surface area contributed by atoms with Gasteiger partial charge in [-0.1, -0.05) is 92.6 Å². The third kappa shape index (κ3) is 13.9. The van der Waals surface area contributed by atoms with Crippen LogP contribution in [0.4, 0.5) is 0 Å². The standard InChI is InChI=1S/C47H70N2O14P2/c1-29-32(4)41(23-50)61-43(34(29)6)25-57-64(52,55-20-12-18-48)59-27-45-36(8)31(3)37(9)46(63-45)28-60-65(53,56-21-13-19-49)58-26-44-35(7)30(2)33(5)42(62-44)24-54-47(51)40-17-16-38-14-10-11-15-39(38)22-40/h10-11,14-17,22,29-37,41-46,50H,12-13,20-21,23-28H2,1-9H3. The van der Waals surface area contributed by atoms with Gasteiger partial charge in [-0.2, -0.15) is 10.5 Å². The zero-order valence-electron chi connectivity index (χ0n) is 39.3. The molecule has 0 aliphatic carbocycles. The van der Waals surface area contributed by atoms with Crippen molar-refractivity contribution >= 4 is 32.4 Å². The third-order valence-corrected chi connectivity index (χ3v) is 17.5. The summed E-state index contributed by atoms with van der Waals surface area (Å²) in [4.78, 5) is 13.1. The van der Waals surface area contributed by atoms with Crippen LogP contribution in [0.3, 0.4) is 0 Å². The second-order valence-electron chi connectivity index (χ2n) is 18.3. The van der Waals surface area contributed by atoms with Gasteiger partial charge in [0.15, 0.2) is 0 Å². The molecule has 2 aromatic carbocycles. The smallest absolute Gasteiger partial charge is 0.459 e. The van der Waals surface area contributed by atoms with Gasteiger partial charge in [0.25, 0.3) is 0 Å². The minimum atomic E-state index is -4.30. The van der Waals surface area contributed by atoms with Crippen LogP contribution in [0.1, 0.15) is 85.5 Å². The van der Waals surface area contributed by atoms with Crippen molar-refractivity contribution in [1.82, 2.24) is 0 Å². The topological polar surface area (TPSA) is 211 Å². The lowest BCUT2D eigenvalue weighted by atomic mass is 9.77. The molecule has 0 saturated carbocycles. The molecule has 3 aliphatic rings. The van der Waals surface area contributed by atoms with Gasteiger partial charge in [-0.15, -0.1) is 0 Å². The second kappa shape index (κ2) is 24.5. The summed E-state index contributed by atoms with van der Waals surface area (Å²) in [5.74, 6) is -0.178. The van der Waals surface area contributed by atoms with Crippen LogP contribution in [0.15, 0.2) is 42.5 Å². The monoisotopic (exact) mass is 948 g/mol. The van der Waals surface area contributed by atoms with Gasteiger partial charge in [0.2, 0.25) is 0 Å². The maximum absolute atomic E-state index is 14.3. The van der Waals surface area contributed by atoms with Gasteiger partial charge in [0, 0.05) is 0 Å². The Morgan fingerprint density at radius 3 is 1.31 bits per heavy atom. The number of hydrogen-bond donors (Lipinski definition) is 1. The van der Waals surface area contributed by atoms with Crippen molar-refractivity contribution in [1.29, 1.82) is 10.5 Å². The molecule has 16 nitrogen and oxygen atoms in total. The van der Waals surface area contributed by atoms with Crippen molar-refractivity contribution in [3.05, 3.63) is 48.0 Å². The van der Waals surface area contributed by atoms with Crippen LogP contribution in [0.2, 0.25) is 0 Å². The van der Waals surface area contributed by atoms with E-state index in [0.29, 0.717) is 5.56 Å². The van der Waals surface area contributed by atoms with E-state index >= 15 is 0 Å². The van der Waals surface area contributed by atoms with E-state index in [9.17, 15) is 24.3 Å². The molecule has 2 aromatic rings. The van der Waals surface area contributed by atoms with Gasteiger partial charge in [-0.3, -0.25) is 27.1 Å². The molecule has 65 heavy (non-hydrogen) atoms. The summed E-state index contributed by atoms with van der Waals surface area (Å²) in [7, 11) is -8.54. The third-order valence-electron chi connectivity index (χ3n) is 14.6. The van der Waals surface area contributed by atoms with Crippen LogP contribution >= 0.6 is 15.6 Å². The molecule has 0 radical (unpaired) electrons. The minimum absolute atomic E-state index is 0.0109. The molecule has 1 N–H and O–H groups in total. The average molecular weight is 949 g/mol. The quantitative estimate of drug-likeness (QED) is 0.0662. The van der Waals surface area contributed by atoms with Crippen molar-refractivity contribution in [2.24, 2.45) is 53.3 Å². The van der Waals surface area contributed by atoms with Crippen molar-refractivity contribution in [3.8, 4) is 12.1 Å². The predicted octanol–water partition coefficient (Wildman–Crippen LogP) is 9.16. The summed E-state index contributed by atoms with van der Waals surface area (Å²) < 4.78 is 88.2. The maximum atomic E-state index is 14.3. The van der Waals surface area contributed by atoms with Crippen LogP contribution < -0.4 is 0 Å². The van der Waals surface area contributed by atoms with Crippen molar-refractivity contribution in [2.45, 2.75) is 112 Å². The van der Waals surface area contributed by atoms with E-state index in [2.05, 4.69) is 20.8 Å². The number of phosphoric acid groups is 2. The summed E-state index contributed by atoms with van der Waals surface area (Å²) in [6.07, 6.45) is -3.25. The van der Waals surface area contributed by atoms with E-state index in [1.165, 1.54) is 0 Å². The number of nitrogens with zero attached hydrogens (tertiary/aromatic N) is 2. The Bertz CT molecular complexity index is 2030. The number of hydrogen-bond acceptors (Lipinski definition) is 16. The summed E-state index contributed by atoms with van der Waals surface area (Å²) >= 11 is 0. The molecule has 17 atom stereocenters. The van der Waals surface area contributed by atoms with Crippen LogP contribution in [0, 0.1) is 75.9 Å². The van der Waals surface area contributed by atoms with Gasteiger partial charge in [-0.05, 0) is 76.2 Å². The van der Waals surface area contributed by atoms with E-state index < -0.39 is 58.2 Å². The second-order valence-corrected chi connectivity index (χ2v) is 21.6. The Kier molecular flexibility index (Phi) is 20.0. The molecule has 0 bridgehead atoms. The lowest BCUT2D eigenvalue weighted by Crippen LogP contribution is -2.48. The number of aliphatic hydroxyl groups excluding tert-OH is 1. The molecule has 18 heteroatoms. The molecule has 362 valence electrons. The average Bonchev–Trinajstić information content (AvgIpc) is 3.30. The normalized spacial score (nSPS) is 34.7. The number of fused-ring (bicyclic) bond motifs is 1. The number of esters is 1. The Balaban J connectivity index is 1.20. The van der Waals surface area contributed by atoms with E-state index in [1.807, 2.05) is 84.0 Å². The number of phosphoric ester groups is 2. The fourth-order valence-corrected chi connectivity index (χ4v) is 11.3. The molecular weight excluding hydrogens is 878 g/mol. The highest BCUT2D eigenvalue weighted by molar-refractivity contribution is 7.48. The Morgan fingerprint density at radius 2 is 0.908 bits per heavy atom. The fourth-order valence-electron chi connectivity index (χ4n) is 8.90. The summed E-state index contributed by atoms with van der Waals surface area (Å²) in [6, 6.07) is 17.2. The van der Waals surface area contributed by atoms with Crippen LogP contribution in [0.25, 0.3) is 10.8 Å². The zero-order valence-corrected chi connectivity index (χ0v) is 41.1. The first kappa shape index (κ1) is 53.2. The van der Waals surface area contributed by atoms with Crippen molar-refractivity contribution in [2.75, 3.05) is 52.9 Å². The fraction of sp³-hybridized carbons (Fsp3) is 0.723. The van der Waals surface area contributed by atoms with Crippen molar-refractivity contribution < 1.29 is 65.1 Å². The lowest BCUT2D eigenvalue weighted by molar-refractivity contribution is -0.167. The molecule has 0 aromatic heterocycles. The first-order chi connectivity index (χ1) is 30.9. The van der Waals surface area contributed by atoms with Crippen LogP contribution in [-0.4, -0.2) is 101 Å². The summed E-state index contributed by atoms with van der Waals surface area (Å²) in [6.45, 7) is 17.1. The first-order valence-corrected chi connectivity index (χ1v) is 25.9. The largest absolute Gasteiger partial charge is 0.474 e.